The first-order chi connectivity index (χ1) is 11.3. The first kappa shape index (κ1) is 15.4. The smallest absolute Gasteiger partial charge is 0.343 e. The summed E-state index contributed by atoms with van der Waals surface area (Å²) in [6.45, 7) is 2.71. The SMILES string of the molecule is CCOC(=O)c1cnc2sccn2c1=NCCc1ccccc1. The number of hydrogen-bond acceptors (Lipinski definition) is 5. The second-order valence-corrected chi connectivity index (χ2v) is 5.76. The predicted octanol–water partition coefficient (Wildman–Crippen LogP) is 2.72. The van der Waals surface area contributed by atoms with Gasteiger partial charge in [-0.1, -0.05) is 30.3 Å². The molecule has 0 atom stereocenters. The molecule has 2 heterocycles. The highest BCUT2D eigenvalue weighted by atomic mass is 32.1. The lowest BCUT2D eigenvalue weighted by Crippen LogP contribution is -2.25. The van der Waals surface area contributed by atoms with Gasteiger partial charge in [-0.05, 0) is 18.9 Å². The van der Waals surface area contributed by atoms with Crippen LogP contribution in [0.3, 0.4) is 0 Å². The lowest BCUT2D eigenvalue weighted by Gasteiger charge is -2.04. The zero-order valence-electron chi connectivity index (χ0n) is 12.8. The molecule has 3 aromatic rings. The minimum atomic E-state index is -0.390. The van der Waals surface area contributed by atoms with Crippen LogP contribution in [0.5, 0.6) is 0 Å². The largest absolute Gasteiger partial charge is 0.462 e. The zero-order chi connectivity index (χ0) is 16.1. The number of fused-ring (bicyclic) bond motifs is 1. The van der Waals surface area contributed by atoms with Gasteiger partial charge in [-0.15, -0.1) is 11.3 Å². The van der Waals surface area contributed by atoms with Crippen LogP contribution >= 0.6 is 11.3 Å². The Labute approximate surface area is 137 Å². The zero-order valence-corrected chi connectivity index (χ0v) is 13.6. The van der Waals surface area contributed by atoms with Gasteiger partial charge in [-0.25, -0.2) is 9.78 Å². The van der Waals surface area contributed by atoms with Crippen LogP contribution in [0, 0.1) is 0 Å². The van der Waals surface area contributed by atoms with E-state index in [0.29, 0.717) is 24.2 Å². The molecule has 0 aliphatic rings. The molecule has 0 radical (unpaired) electrons. The van der Waals surface area contributed by atoms with Gasteiger partial charge < -0.3 is 4.74 Å². The van der Waals surface area contributed by atoms with Crippen molar-refractivity contribution in [2.24, 2.45) is 4.99 Å². The van der Waals surface area contributed by atoms with Crippen molar-refractivity contribution in [1.82, 2.24) is 9.38 Å². The second kappa shape index (κ2) is 7.19. The molecule has 1 aromatic carbocycles. The maximum atomic E-state index is 12.1. The fourth-order valence-electron chi connectivity index (χ4n) is 2.28. The van der Waals surface area contributed by atoms with Crippen LogP contribution in [-0.4, -0.2) is 28.5 Å². The summed E-state index contributed by atoms with van der Waals surface area (Å²) < 4.78 is 6.95. The minimum absolute atomic E-state index is 0.328. The van der Waals surface area contributed by atoms with Crippen LogP contribution in [-0.2, 0) is 11.2 Å². The van der Waals surface area contributed by atoms with E-state index >= 15 is 0 Å². The highest BCUT2D eigenvalue weighted by Gasteiger charge is 2.13. The van der Waals surface area contributed by atoms with Gasteiger partial charge in [0.05, 0.1) is 6.61 Å². The van der Waals surface area contributed by atoms with E-state index in [1.54, 1.807) is 13.1 Å². The van der Waals surface area contributed by atoms with Crippen LogP contribution in [0.1, 0.15) is 22.8 Å². The number of benzene rings is 1. The monoisotopic (exact) mass is 327 g/mol. The molecule has 0 saturated heterocycles. The number of esters is 1. The van der Waals surface area contributed by atoms with Gasteiger partial charge in [0, 0.05) is 24.3 Å². The maximum absolute atomic E-state index is 12.1. The summed E-state index contributed by atoms with van der Waals surface area (Å²) in [7, 11) is 0. The third kappa shape index (κ3) is 3.48. The number of nitrogens with zero attached hydrogens (tertiary/aromatic N) is 3. The fourth-order valence-corrected chi connectivity index (χ4v) is 2.96. The molecular weight excluding hydrogens is 310 g/mol. The Morgan fingerprint density at radius 2 is 2.17 bits per heavy atom. The Bertz CT molecular complexity index is 868. The number of rotatable bonds is 5. The van der Waals surface area contributed by atoms with Crippen molar-refractivity contribution >= 4 is 22.3 Å². The van der Waals surface area contributed by atoms with E-state index in [-0.39, 0.29) is 5.97 Å². The van der Waals surface area contributed by atoms with E-state index in [1.165, 1.54) is 16.9 Å². The van der Waals surface area contributed by atoms with E-state index in [0.717, 1.165) is 11.4 Å². The minimum Gasteiger partial charge on any atom is -0.462 e. The van der Waals surface area contributed by atoms with Gasteiger partial charge in [-0.2, -0.15) is 0 Å². The van der Waals surface area contributed by atoms with Crippen LogP contribution in [0.2, 0.25) is 0 Å². The quantitative estimate of drug-likeness (QED) is 0.677. The third-order valence-corrected chi connectivity index (χ3v) is 4.13. The molecule has 0 aliphatic carbocycles. The molecule has 0 unspecified atom stereocenters. The number of hydrogen-bond donors (Lipinski definition) is 0. The molecule has 0 saturated carbocycles. The number of carbonyl (C=O) groups is 1. The number of ether oxygens (including phenoxy) is 1. The van der Waals surface area contributed by atoms with Gasteiger partial charge >= 0.3 is 5.97 Å². The molecule has 0 amide bonds. The van der Waals surface area contributed by atoms with Crippen molar-refractivity contribution in [2.45, 2.75) is 13.3 Å². The Kier molecular flexibility index (Phi) is 4.83. The summed E-state index contributed by atoms with van der Waals surface area (Å²) in [5.41, 5.74) is 2.22. The Morgan fingerprint density at radius 3 is 2.96 bits per heavy atom. The Morgan fingerprint density at radius 1 is 1.35 bits per heavy atom. The van der Waals surface area contributed by atoms with Crippen molar-refractivity contribution in [3.05, 3.63) is 64.7 Å². The third-order valence-electron chi connectivity index (χ3n) is 3.36. The molecule has 5 nitrogen and oxygen atoms in total. The van der Waals surface area contributed by atoms with Gasteiger partial charge in [0.1, 0.15) is 11.1 Å². The molecule has 3 rings (SSSR count). The van der Waals surface area contributed by atoms with Crippen molar-refractivity contribution in [3.63, 3.8) is 0 Å². The van der Waals surface area contributed by atoms with Crippen molar-refractivity contribution in [2.75, 3.05) is 13.2 Å². The average molecular weight is 327 g/mol. The molecule has 2 aromatic heterocycles. The van der Waals surface area contributed by atoms with Crippen molar-refractivity contribution in [3.8, 4) is 0 Å². The number of aromatic nitrogens is 2. The number of carbonyl (C=O) groups excluding carboxylic acids is 1. The lowest BCUT2D eigenvalue weighted by molar-refractivity contribution is 0.0523. The fraction of sp³-hybridized carbons (Fsp3) is 0.235. The van der Waals surface area contributed by atoms with Gasteiger partial charge in [0.15, 0.2) is 4.96 Å². The van der Waals surface area contributed by atoms with Gasteiger partial charge in [0.25, 0.3) is 0 Å². The van der Waals surface area contributed by atoms with Gasteiger partial charge in [-0.3, -0.25) is 9.39 Å². The topological polar surface area (TPSA) is 56.0 Å². The molecule has 0 spiro atoms. The van der Waals surface area contributed by atoms with Crippen molar-refractivity contribution < 1.29 is 9.53 Å². The second-order valence-electron chi connectivity index (χ2n) is 4.89. The van der Waals surface area contributed by atoms with E-state index < -0.39 is 0 Å². The average Bonchev–Trinajstić information content (AvgIpc) is 3.05. The lowest BCUT2D eigenvalue weighted by atomic mass is 10.2. The normalized spacial score (nSPS) is 11.8. The van der Waals surface area contributed by atoms with E-state index in [1.807, 2.05) is 34.2 Å². The summed E-state index contributed by atoms with van der Waals surface area (Å²) in [5.74, 6) is -0.390. The Hall–Kier alpha value is -2.47. The summed E-state index contributed by atoms with van der Waals surface area (Å²) in [6.07, 6.45) is 4.24. The maximum Gasteiger partial charge on any atom is 0.343 e. The molecule has 23 heavy (non-hydrogen) atoms. The van der Waals surface area contributed by atoms with Crippen LogP contribution < -0.4 is 5.49 Å². The molecule has 0 N–H and O–H groups in total. The van der Waals surface area contributed by atoms with Crippen LogP contribution in [0.15, 0.2) is 53.1 Å². The van der Waals surface area contributed by atoms with E-state index in [4.69, 9.17) is 4.74 Å². The summed E-state index contributed by atoms with van der Waals surface area (Å²) >= 11 is 1.50. The molecular formula is C17H17N3O2S. The summed E-state index contributed by atoms with van der Waals surface area (Å²) in [6, 6.07) is 10.2. The first-order valence-electron chi connectivity index (χ1n) is 7.46. The molecule has 0 aliphatic heterocycles. The molecule has 6 heteroatoms. The van der Waals surface area contributed by atoms with E-state index in [2.05, 4.69) is 22.1 Å². The summed E-state index contributed by atoms with van der Waals surface area (Å²) in [4.78, 5) is 21.9. The molecule has 118 valence electrons. The van der Waals surface area contributed by atoms with Crippen molar-refractivity contribution in [1.29, 1.82) is 0 Å². The van der Waals surface area contributed by atoms with Crippen LogP contribution in [0.25, 0.3) is 4.96 Å². The summed E-state index contributed by atoms with van der Waals surface area (Å²) in [5, 5.41) is 1.92. The van der Waals surface area contributed by atoms with E-state index in [9.17, 15) is 4.79 Å². The van der Waals surface area contributed by atoms with Gasteiger partial charge in [0.2, 0.25) is 0 Å². The highest BCUT2D eigenvalue weighted by molar-refractivity contribution is 7.15. The Balaban J connectivity index is 1.96. The number of thiazole rings is 1. The first-order valence-corrected chi connectivity index (χ1v) is 8.34. The van der Waals surface area contributed by atoms with Crippen LogP contribution in [0.4, 0.5) is 0 Å². The highest BCUT2D eigenvalue weighted by Crippen LogP contribution is 2.07. The molecule has 0 bridgehead atoms. The molecule has 0 fully saturated rings. The predicted molar refractivity (Wildman–Crippen MR) is 89.6 cm³/mol. The standard InChI is InChI=1S/C17H17N3O2S/c1-2-22-16(21)14-12-19-17-20(10-11-23-17)15(14)18-9-8-13-6-4-3-5-7-13/h3-7,10-12H,2,8-9H2,1H3.